The molecule has 1 amide bonds. The Balaban J connectivity index is 2.47. The molecule has 1 aliphatic heterocycles. The molecule has 110 valence electrons. The number of ether oxygens (including phenoxy) is 1. The van der Waals surface area contributed by atoms with Crippen molar-refractivity contribution in [1.82, 2.24) is 5.32 Å². The summed E-state index contributed by atoms with van der Waals surface area (Å²) in [4.78, 5) is 11.9. The topological polar surface area (TPSA) is 58.6 Å². The average molecular weight is 293 g/mol. The molecule has 0 saturated carbocycles. The minimum Gasteiger partial charge on any atom is -0.363 e. The van der Waals surface area contributed by atoms with Crippen LogP contribution >= 0.6 is 0 Å². The maximum Gasteiger partial charge on any atom is 0.436 e. The van der Waals surface area contributed by atoms with Crippen molar-refractivity contribution >= 4 is 5.91 Å². The van der Waals surface area contributed by atoms with Gasteiger partial charge in [0.2, 0.25) is 5.72 Å². The maximum absolute atomic E-state index is 12.9. The highest BCUT2D eigenvalue weighted by Gasteiger charge is 2.66. The third-order valence-electron chi connectivity index (χ3n) is 3.32. The molecule has 1 aliphatic rings. The first kappa shape index (κ1) is 14.7. The number of methoxy groups -OCH3 is 1. The van der Waals surface area contributed by atoms with E-state index in [1.54, 1.807) is 0 Å². The lowest BCUT2D eigenvalue weighted by Gasteiger charge is -2.28. The van der Waals surface area contributed by atoms with E-state index in [1.165, 1.54) is 5.32 Å². The first-order chi connectivity index (χ1) is 9.14. The van der Waals surface area contributed by atoms with E-state index in [9.17, 15) is 27.5 Å². The van der Waals surface area contributed by atoms with Gasteiger partial charge in [0.15, 0.2) is 5.60 Å². The molecule has 1 heterocycles. The summed E-state index contributed by atoms with van der Waals surface area (Å²) >= 11 is 0. The molecule has 0 aliphatic carbocycles. The fourth-order valence-electron chi connectivity index (χ4n) is 2.18. The van der Waals surface area contributed by atoms with Gasteiger partial charge in [-0.3, -0.25) is 4.79 Å². The van der Waals surface area contributed by atoms with E-state index in [4.69, 9.17) is 4.74 Å². The van der Waals surface area contributed by atoms with Crippen molar-refractivity contribution in [2.75, 3.05) is 7.11 Å². The number of hydrogen-bond donors (Lipinski definition) is 2. The smallest absolute Gasteiger partial charge is 0.363 e. The fraction of sp³-hybridized carbons (Fsp3) is 0.417. The Morgan fingerprint density at radius 1 is 1.30 bits per heavy atom. The highest BCUT2D eigenvalue weighted by Crippen LogP contribution is 2.45. The summed E-state index contributed by atoms with van der Waals surface area (Å²) in [5.41, 5.74) is -5.37. The van der Waals surface area contributed by atoms with Crippen molar-refractivity contribution in [2.24, 2.45) is 0 Å². The summed E-state index contributed by atoms with van der Waals surface area (Å²) in [6, 6.07) is 4.27. The van der Waals surface area contributed by atoms with E-state index in [0.717, 1.165) is 31.4 Å². The molecule has 0 aromatic heterocycles. The van der Waals surface area contributed by atoms with Gasteiger partial charge in [0.05, 0.1) is 0 Å². The average Bonchev–Trinajstić information content (AvgIpc) is 2.63. The fourth-order valence-corrected chi connectivity index (χ4v) is 2.18. The van der Waals surface area contributed by atoms with Gasteiger partial charge < -0.3 is 15.2 Å². The number of nitrogens with one attached hydrogen (secondary N) is 1. The van der Waals surface area contributed by atoms with E-state index in [1.807, 2.05) is 0 Å². The van der Waals surface area contributed by atoms with E-state index >= 15 is 0 Å². The minimum absolute atomic E-state index is 0.0269. The van der Waals surface area contributed by atoms with Crippen molar-refractivity contribution < 1.29 is 32.2 Å². The van der Waals surface area contributed by atoms with Gasteiger partial charge in [-0.15, -0.1) is 0 Å². The van der Waals surface area contributed by atoms with Crippen LogP contribution in [0.2, 0.25) is 0 Å². The lowest BCUT2D eigenvalue weighted by molar-refractivity contribution is -0.270. The summed E-state index contributed by atoms with van der Waals surface area (Å²) in [5.74, 6) is -1.74. The van der Waals surface area contributed by atoms with Gasteiger partial charge in [0, 0.05) is 13.5 Å². The molecule has 2 unspecified atom stereocenters. The van der Waals surface area contributed by atoms with Crippen molar-refractivity contribution in [3.8, 4) is 0 Å². The molecule has 0 bridgehead atoms. The molecule has 1 saturated heterocycles. The van der Waals surface area contributed by atoms with Gasteiger partial charge in [0.25, 0.3) is 5.91 Å². The van der Waals surface area contributed by atoms with E-state index < -0.39 is 35.6 Å². The van der Waals surface area contributed by atoms with Gasteiger partial charge in [0.1, 0.15) is 5.82 Å². The Bertz CT molecular complexity index is 530. The SMILES string of the molecule is COC1(c2ccc(F)cc2)CC(O)(C(F)(F)F)NC1=O. The highest BCUT2D eigenvalue weighted by atomic mass is 19.4. The second-order valence-electron chi connectivity index (χ2n) is 4.53. The number of benzene rings is 1. The summed E-state index contributed by atoms with van der Waals surface area (Å²) in [5, 5.41) is 11.1. The molecule has 2 N–H and O–H groups in total. The Labute approximate surface area is 111 Å². The predicted octanol–water partition coefficient (Wildman–Crippen LogP) is 1.44. The van der Waals surface area contributed by atoms with Crippen molar-refractivity contribution in [3.63, 3.8) is 0 Å². The quantitative estimate of drug-likeness (QED) is 0.811. The predicted molar refractivity (Wildman–Crippen MR) is 58.9 cm³/mol. The van der Waals surface area contributed by atoms with E-state index in [2.05, 4.69) is 0 Å². The third kappa shape index (κ3) is 2.04. The van der Waals surface area contributed by atoms with E-state index in [-0.39, 0.29) is 5.56 Å². The van der Waals surface area contributed by atoms with Crippen LogP contribution in [0.15, 0.2) is 24.3 Å². The van der Waals surface area contributed by atoms with Crippen LogP contribution < -0.4 is 5.32 Å². The zero-order valence-corrected chi connectivity index (χ0v) is 10.3. The minimum atomic E-state index is -5.05. The molecule has 2 atom stereocenters. The largest absolute Gasteiger partial charge is 0.436 e. The number of carbonyl (C=O) groups is 1. The molecule has 4 nitrogen and oxygen atoms in total. The summed E-state index contributed by atoms with van der Waals surface area (Å²) < 4.78 is 56.2. The molecule has 2 rings (SSSR count). The van der Waals surface area contributed by atoms with Crippen molar-refractivity contribution in [3.05, 3.63) is 35.6 Å². The Kier molecular flexibility index (Phi) is 3.26. The van der Waals surface area contributed by atoms with Crippen LogP contribution in [0.5, 0.6) is 0 Å². The van der Waals surface area contributed by atoms with Gasteiger partial charge in [-0.05, 0) is 17.7 Å². The normalized spacial score (nSPS) is 30.4. The van der Waals surface area contributed by atoms with Crippen LogP contribution in [0.3, 0.4) is 0 Å². The standard InChI is InChI=1S/C12H11F4NO3/c1-20-10(7-2-4-8(13)5-3-7)6-11(19,12(14,15)16)17-9(10)18/h2-5,19H,6H2,1H3,(H,17,18). The second kappa shape index (κ2) is 4.42. The molecule has 0 radical (unpaired) electrons. The molecule has 8 heteroatoms. The first-order valence-electron chi connectivity index (χ1n) is 5.57. The maximum atomic E-state index is 12.9. The zero-order chi connectivity index (χ0) is 15.2. The summed E-state index contributed by atoms with van der Waals surface area (Å²) in [6.07, 6.45) is -6.10. The van der Waals surface area contributed by atoms with Gasteiger partial charge in [-0.25, -0.2) is 4.39 Å². The number of aliphatic hydroxyl groups is 1. The number of amides is 1. The number of hydrogen-bond acceptors (Lipinski definition) is 3. The third-order valence-corrected chi connectivity index (χ3v) is 3.32. The molecule has 1 fully saturated rings. The second-order valence-corrected chi connectivity index (χ2v) is 4.53. The number of rotatable bonds is 2. The van der Waals surface area contributed by atoms with Crippen LogP contribution in [0.25, 0.3) is 0 Å². The molecule has 1 aromatic rings. The van der Waals surface area contributed by atoms with E-state index in [0.29, 0.717) is 0 Å². The number of alkyl halides is 3. The molecular formula is C12H11F4NO3. The Hall–Kier alpha value is -1.67. The van der Waals surface area contributed by atoms with Crippen molar-refractivity contribution in [1.29, 1.82) is 0 Å². The number of carbonyl (C=O) groups excluding carboxylic acids is 1. The lowest BCUT2D eigenvalue weighted by atomic mass is 9.89. The molecule has 20 heavy (non-hydrogen) atoms. The Morgan fingerprint density at radius 2 is 1.85 bits per heavy atom. The van der Waals surface area contributed by atoms with Crippen LogP contribution in [0, 0.1) is 5.82 Å². The molecular weight excluding hydrogens is 282 g/mol. The molecule has 0 spiro atoms. The van der Waals surface area contributed by atoms with Crippen molar-refractivity contribution in [2.45, 2.75) is 23.9 Å². The zero-order valence-electron chi connectivity index (χ0n) is 10.3. The van der Waals surface area contributed by atoms with Crippen LogP contribution in [0.1, 0.15) is 12.0 Å². The van der Waals surface area contributed by atoms with Gasteiger partial charge in [-0.2, -0.15) is 13.2 Å². The van der Waals surface area contributed by atoms with Crippen LogP contribution in [-0.4, -0.2) is 30.0 Å². The first-order valence-corrected chi connectivity index (χ1v) is 5.57. The number of halogens is 4. The monoisotopic (exact) mass is 293 g/mol. The molecule has 1 aromatic carbocycles. The highest BCUT2D eigenvalue weighted by molar-refractivity contribution is 5.89. The van der Waals surface area contributed by atoms with Gasteiger partial charge in [-0.1, -0.05) is 12.1 Å². The lowest BCUT2D eigenvalue weighted by Crippen LogP contribution is -2.53. The van der Waals surface area contributed by atoms with Gasteiger partial charge >= 0.3 is 6.18 Å². The summed E-state index contributed by atoms with van der Waals surface area (Å²) in [6.45, 7) is 0. The van der Waals surface area contributed by atoms with Crippen LogP contribution in [-0.2, 0) is 15.1 Å². The van der Waals surface area contributed by atoms with Crippen LogP contribution in [0.4, 0.5) is 17.6 Å². The Morgan fingerprint density at radius 3 is 2.25 bits per heavy atom. The summed E-state index contributed by atoms with van der Waals surface area (Å²) in [7, 11) is 1.05.